The smallest absolute Gasteiger partial charge is 0.338 e. The minimum Gasteiger partial charge on any atom is -0.338 e. The summed E-state index contributed by atoms with van der Waals surface area (Å²) in [5, 5.41) is 0. The number of carbonyl (C=O) groups excluding carboxylic acids is 1. The highest BCUT2D eigenvalue weighted by molar-refractivity contribution is 5.94. The number of halogens is 1. The Morgan fingerprint density at radius 2 is 2.14 bits per heavy atom. The molecular weight excluding hydrogens is 285 g/mol. The fourth-order valence-electron chi connectivity index (χ4n) is 2.84. The Morgan fingerprint density at radius 1 is 1.32 bits per heavy atom. The van der Waals surface area contributed by atoms with E-state index in [1.54, 1.807) is 23.1 Å². The second kappa shape index (κ2) is 6.09. The third kappa shape index (κ3) is 2.90. The van der Waals surface area contributed by atoms with Gasteiger partial charge in [-0.05, 0) is 31.0 Å². The zero-order valence-corrected chi connectivity index (χ0v) is 12.0. The number of nitrogens with one attached hydrogen (secondary N) is 1. The van der Waals surface area contributed by atoms with Gasteiger partial charge in [-0.3, -0.25) is 4.79 Å². The van der Waals surface area contributed by atoms with Gasteiger partial charge in [-0.15, -0.1) is 0 Å². The van der Waals surface area contributed by atoms with Gasteiger partial charge in [-0.1, -0.05) is 12.1 Å². The van der Waals surface area contributed by atoms with Crippen molar-refractivity contribution < 1.29 is 9.18 Å². The van der Waals surface area contributed by atoms with Gasteiger partial charge in [0.15, 0.2) is 0 Å². The molecule has 0 aliphatic carbocycles. The molecule has 1 aliphatic rings. The van der Waals surface area contributed by atoms with Crippen LogP contribution in [0.3, 0.4) is 0 Å². The van der Waals surface area contributed by atoms with Crippen molar-refractivity contribution in [1.82, 2.24) is 14.9 Å². The zero-order chi connectivity index (χ0) is 15.5. The number of H-pyrrole nitrogens is 1. The topological polar surface area (TPSA) is 66.1 Å². The summed E-state index contributed by atoms with van der Waals surface area (Å²) < 4.78 is 13.8. The van der Waals surface area contributed by atoms with Crippen LogP contribution in [0.25, 0.3) is 0 Å². The largest absolute Gasteiger partial charge is 0.345 e. The van der Waals surface area contributed by atoms with Crippen LogP contribution in [0.2, 0.25) is 0 Å². The maximum Gasteiger partial charge on any atom is 0.345 e. The fourth-order valence-corrected chi connectivity index (χ4v) is 2.84. The predicted octanol–water partition coefficient (Wildman–Crippen LogP) is 1.93. The summed E-state index contributed by atoms with van der Waals surface area (Å²) >= 11 is 0. The van der Waals surface area contributed by atoms with E-state index in [1.165, 1.54) is 18.3 Å². The maximum absolute atomic E-state index is 13.8. The average Bonchev–Trinajstić information content (AvgIpc) is 2.55. The number of rotatable bonds is 2. The molecule has 1 atom stereocenters. The Hall–Kier alpha value is -2.50. The number of nitrogens with zero attached hydrogens (tertiary/aromatic N) is 2. The van der Waals surface area contributed by atoms with Gasteiger partial charge in [0.25, 0.3) is 5.91 Å². The number of benzene rings is 1. The lowest BCUT2D eigenvalue weighted by atomic mass is 9.94. The second-order valence-corrected chi connectivity index (χ2v) is 5.40. The fraction of sp³-hybridized carbons (Fsp3) is 0.312. The summed E-state index contributed by atoms with van der Waals surface area (Å²) in [6, 6.07) is 7.75. The number of carbonyl (C=O) groups is 1. The van der Waals surface area contributed by atoms with E-state index >= 15 is 0 Å². The normalized spacial score (nSPS) is 18.2. The quantitative estimate of drug-likeness (QED) is 0.921. The van der Waals surface area contributed by atoms with Gasteiger partial charge >= 0.3 is 5.69 Å². The van der Waals surface area contributed by atoms with Crippen LogP contribution in [0, 0.1) is 5.82 Å². The molecule has 1 amide bonds. The first kappa shape index (κ1) is 14.4. The lowest BCUT2D eigenvalue weighted by molar-refractivity contribution is 0.0701. The van der Waals surface area contributed by atoms with Gasteiger partial charge in [0, 0.05) is 30.9 Å². The molecule has 1 fully saturated rings. The van der Waals surface area contributed by atoms with E-state index in [0.717, 1.165) is 18.5 Å². The summed E-state index contributed by atoms with van der Waals surface area (Å²) in [5.41, 5.74) is 0.465. The number of hydrogen-bond acceptors (Lipinski definition) is 3. The van der Waals surface area contributed by atoms with E-state index in [-0.39, 0.29) is 17.4 Å². The molecule has 1 aromatic heterocycles. The molecule has 1 N–H and O–H groups in total. The Kier molecular flexibility index (Phi) is 4.00. The molecule has 6 heteroatoms. The van der Waals surface area contributed by atoms with Gasteiger partial charge < -0.3 is 9.88 Å². The van der Waals surface area contributed by atoms with Crippen molar-refractivity contribution >= 4 is 5.91 Å². The molecule has 0 spiro atoms. The lowest BCUT2D eigenvalue weighted by Gasteiger charge is -2.32. The first-order valence-electron chi connectivity index (χ1n) is 7.24. The number of aromatic nitrogens is 2. The van der Waals surface area contributed by atoms with Gasteiger partial charge in [0.2, 0.25) is 0 Å². The molecule has 0 unspecified atom stereocenters. The van der Waals surface area contributed by atoms with Crippen LogP contribution in [-0.2, 0) is 0 Å². The molecule has 0 radical (unpaired) electrons. The minimum atomic E-state index is -0.507. The predicted molar refractivity (Wildman–Crippen MR) is 79.1 cm³/mol. The van der Waals surface area contributed by atoms with Crippen molar-refractivity contribution in [3.05, 3.63) is 64.1 Å². The van der Waals surface area contributed by atoms with E-state index in [0.29, 0.717) is 13.1 Å². The summed E-state index contributed by atoms with van der Waals surface area (Å²) in [6.07, 6.45) is 3.15. The summed E-state index contributed by atoms with van der Waals surface area (Å²) in [6.45, 7) is 1.06. The van der Waals surface area contributed by atoms with E-state index < -0.39 is 11.5 Å². The van der Waals surface area contributed by atoms with Crippen molar-refractivity contribution in [2.75, 3.05) is 13.1 Å². The third-order valence-electron chi connectivity index (χ3n) is 3.95. The van der Waals surface area contributed by atoms with Crippen LogP contribution in [0.4, 0.5) is 4.39 Å². The first-order valence-corrected chi connectivity index (χ1v) is 7.24. The van der Waals surface area contributed by atoms with Crippen LogP contribution in [0.1, 0.15) is 34.8 Å². The number of amides is 1. The minimum absolute atomic E-state index is 0.0418. The average molecular weight is 301 g/mol. The molecule has 0 bridgehead atoms. The van der Waals surface area contributed by atoms with E-state index in [9.17, 15) is 14.0 Å². The lowest BCUT2D eigenvalue weighted by Crippen LogP contribution is -2.40. The van der Waals surface area contributed by atoms with Crippen molar-refractivity contribution in [3.63, 3.8) is 0 Å². The summed E-state index contributed by atoms with van der Waals surface area (Å²) in [4.78, 5) is 31.7. The molecule has 1 saturated heterocycles. The standard InChI is InChI=1S/C16H16FN3O2/c17-13-6-2-1-5-12(13)15(21)20-9-3-4-11(10-20)14-7-8-18-16(22)19-14/h1-2,5-8,11H,3-4,9-10H2,(H,18,19,22)/t11-/m0/s1. The van der Waals surface area contributed by atoms with Crippen molar-refractivity contribution in [3.8, 4) is 0 Å². The van der Waals surface area contributed by atoms with Crippen LogP contribution in [0.15, 0.2) is 41.3 Å². The number of hydrogen-bond donors (Lipinski definition) is 1. The van der Waals surface area contributed by atoms with E-state index in [4.69, 9.17) is 0 Å². The van der Waals surface area contributed by atoms with Crippen LogP contribution < -0.4 is 5.69 Å². The Morgan fingerprint density at radius 3 is 2.91 bits per heavy atom. The molecular formula is C16H16FN3O2. The Balaban J connectivity index is 1.80. The van der Waals surface area contributed by atoms with Crippen molar-refractivity contribution in [2.45, 2.75) is 18.8 Å². The molecule has 114 valence electrons. The highest BCUT2D eigenvalue weighted by atomic mass is 19.1. The molecule has 1 aromatic carbocycles. The van der Waals surface area contributed by atoms with Crippen LogP contribution >= 0.6 is 0 Å². The van der Waals surface area contributed by atoms with Crippen LogP contribution in [0.5, 0.6) is 0 Å². The Labute approximate surface area is 126 Å². The third-order valence-corrected chi connectivity index (χ3v) is 3.95. The summed E-state index contributed by atoms with van der Waals surface area (Å²) in [5.74, 6) is -0.772. The molecule has 1 aliphatic heterocycles. The van der Waals surface area contributed by atoms with Crippen molar-refractivity contribution in [2.24, 2.45) is 0 Å². The van der Waals surface area contributed by atoms with E-state index in [1.807, 2.05) is 0 Å². The zero-order valence-electron chi connectivity index (χ0n) is 12.0. The summed E-state index contributed by atoms with van der Waals surface area (Å²) in [7, 11) is 0. The SMILES string of the molecule is O=C(c1ccccc1F)N1CCC[C@H](c2ccnc(=O)[nH]2)C1. The Bertz CT molecular complexity index is 744. The molecule has 2 aromatic rings. The highest BCUT2D eigenvalue weighted by Gasteiger charge is 2.27. The molecule has 0 saturated carbocycles. The highest BCUT2D eigenvalue weighted by Crippen LogP contribution is 2.26. The van der Waals surface area contributed by atoms with Gasteiger partial charge in [-0.25, -0.2) is 14.2 Å². The number of piperidine rings is 1. The van der Waals surface area contributed by atoms with Gasteiger partial charge in [0.1, 0.15) is 5.82 Å². The van der Waals surface area contributed by atoms with Crippen molar-refractivity contribution in [1.29, 1.82) is 0 Å². The molecule has 22 heavy (non-hydrogen) atoms. The van der Waals surface area contributed by atoms with E-state index in [2.05, 4.69) is 9.97 Å². The second-order valence-electron chi connectivity index (χ2n) is 5.40. The molecule has 3 rings (SSSR count). The maximum atomic E-state index is 13.8. The monoisotopic (exact) mass is 301 g/mol. The molecule has 2 heterocycles. The number of likely N-dealkylation sites (tertiary alicyclic amines) is 1. The number of aromatic amines is 1. The first-order chi connectivity index (χ1) is 10.6. The van der Waals surface area contributed by atoms with Gasteiger partial charge in [0.05, 0.1) is 5.56 Å². The molecule has 5 nitrogen and oxygen atoms in total. The van der Waals surface area contributed by atoms with Crippen LogP contribution in [-0.4, -0.2) is 33.9 Å². The van der Waals surface area contributed by atoms with Gasteiger partial charge in [-0.2, -0.15) is 0 Å².